The summed E-state index contributed by atoms with van der Waals surface area (Å²) in [6.45, 7) is 0. The molecule has 25 heavy (non-hydrogen) atoms. The Hall–Kier alpha value is -3.15. The van der Waals surface area contributed by atoms with Crippen LogP contribution in [0.1, 0.15) is 40.1 Å². The van der Waals surface area contributed by atoms with Gasteiger partial charge in [0.1, 0.15) is 5.58 Å². The Morgan fingerprint density at radius 1 is 1.12 bits per heavy atom. The molecule has 126 valence electrons. The van der Waals surface area contributed by atoms with Crippen LogP contribution in [-0.4, -0.2) is 10.7 Å². The van der Waals surface area contributed by atoms with Crippen LogP contribution < -0.4 is 5.73 Å². The van der Waals surface area contributed by atoms with E-state index in [1.165, 1.54) is 35.4 Å². The summed E-state index contributed by atoms with van der Waals surface area (Å²) >= 11 is 0. The number of nitro benzene ring substituents is 1. The summed E-state index contributed by atoms with van der Waals surface area (Å²) in [5, 5.41) is 11.6. The number of nitrogens with zero attached hydrogens (tertiary/aromatic N) is 1. The molecular weight excluding hydrogens is 320 g/mol. The Balaban J connectivity index is 1.81. The van der Waals surface area contributed by atoms with Gasteiger partial charge in [-0.15, -0.1) is 0 Å². The average molecular weight is 336 g/mol. The minimum absolute atomic E-state index is 0.0397. The highest BCUT2D eigenvalue weighted by Crippen LogP contribution is 2.34. The number of nitrogens with two attached hydrogens (primary N) is 1. The van der Waals surface area contributed by atoms with Crippen molar-refractivity contribution in [1.82, 2.24) is 0 Å². The lowest BCUT2D eigenvalue weighted by atomic mass is 9.90. The van der Waals surface area contributed by atoms with Crippen molar-refractivity contribution >= 4 is 28.1 Å². The van der Waals surface area contributed by atoms with Crippen LogP contribution in [0.4, 0.5) is 11.4 Å². The van der Waals surface area contributed by atoms with Crippen LogP contribution in [0.5, 0.6) is 0 Å². The molecule has 1 aromatic heterocycles. The van der Waals surface area contributed by atoms with E-state index in [9.17, 15) is 14.9 Å². The number of carbonyl (C=O) groups excluding carboxylic acids is 1. The fourth-order valence-corrected chi connectivity index (χ4v) is 3.41. The average Bonchev–Trinajstić information content (AvgIpc) is 2.95. The van der Waals surface area contributed by atoms with Gasteiger partial charge in [-0.05, 0) is 48.9 Å². The van der Waals surface area contributed by atoms with E-state index in [-0.39, 0.29) is 17.0 Å². The number of non-ortho nitro benzene ring substituents is 1. The quantitative estimate of drug-likeness (QED) is 0.442. The Morgan fingerprint density at radius 2 is 1.84 bits per heavy atom. The zero-order chi connectivity index (χ0) is 17.6. The van der Waals surface area contributed by atoms with E-state index >= 15 is 0 Å². The second-order valence-electron chi connectivity index (χ2n) is 6.31. The Labute approximate surface area is 143 Å². The van der Waals surface area contributed by atoms with Gasteiger partial charge >= 0.3 is 0 Å². The highest BCUT2D eigenvalue weighted by atomic mass is 16.6. The van der Waals surface area contributed by atoms with Crippen LogP contribution in [0, 0.1) is 10.1 Å². The number of nitro groups is 1. The molecule has 0 atom stereocenters. The van der Waals surface area contributed by atoms with Crippen molar-refractivity contribution in [3.05, 3.63) is 69.0 Å². The summed E-state index contributed by atoms with van der Waals surface area (Å²) < 4.78 is 5.74. The van der Waals surface area contributed by atoms with E-state index in [2.05, 4.69) is 0 Å². The van der Waals surface area contributed by atoms with Crippen LogP contribution in [0.25, 0.3) is 11.0 Å². The van der Waals surface area contributed by atoms with Gasteiger partial charge in [-0.25, -0.2) is 0 Å². The van der Waals surface area contributed by atoms with Crippen molar-refractivity contribution < 1.29 is 14.1 Å². The topological polar surface area (TPSA) is 99.4 Å². The lowest BCUT2D eigenvalue weighted by molar-refractivity contribution is -0.384. The zero-order valence-electron chi connectivity index (χ0n) is 13.5. The molecule has 6 heteroatoms. The van der Waals surface area contributed by atoms with E-state index < -0.39 is 10.7 Å². The first-order chi connectivity index (χ1) is 12.0. The number of carbonyl (C=O) groups is 1. The summed E-state index contributed by atoms with van der Waals surface area (Å²) in [5.74, 6) is -0.409. The van der Waals surface area contributed by atoms with Crippen molar-refractivity contribution in [2.24, 2.45) is 0 Å². The van der Waals surface area contributed by atoms with Crippen molar-refractivity contribution in [3.63, 3.8) is 0 Å². The van der Waals surface area contributed by atoms with Gasteiger partial charge in [0, 0.05) is 23.1 Å². The minimum atomic E-state index is -0.535. The Kier molecular flexibility index (Phi) is 3.53. The summed E-state index contributed by atoms with van der Waals surface area (Å²) in [7, 11) is 0. The third-order valence-corrected chi connectivity index (χ3v) is 4.72. The second-order valence-corrected chi connectivity index (χ2v) is 6.31. The molecule has 6 nitrogen and oxygen atoms in total. The summed E-state index contributed by atoms with van der Waals surface area (Å²) in [6, 6.07) is 9.54. The highest BCUT2D eigenvalue weighted by molar-refractivity contribution is 6.14. The number of benzene rings is 2. The van der Waals surface area contributed by atoms with E-state index in [1.54, 1.807) is 0 Å². The summed E-state index contributed by atoms with van der Waals surface area (Å²) in [5.41, 5.74) is 9.57. The molecular formula is C19H16N2O4. The fourth-order valence-electron chi connectivity index (χ4n) is 3.41. The molecule has 0 spiro atoms. The molecule has 3 aromatic rings. The summed E-state index contributed by atoms with van der Waals surface area (Å²) in [6.07, 6.45) is 4.30. The Morgan fingerprint density at radius 3 is 2.56 bits per heavy atom. The number of anilines is 1. The molecule has 4 rings (SSSR count). The van der Waals surface area contributed by atoms with Crippen molar-refractivity contribution in [2.45, 2.75) is 25.7 Å². The number of fused-ring (bicyclic) bond motifs is 2. The van der Waals surface area contributed by atoms with Gasteiger partial charge in [-0.1, -0.05) is 12.1 Å². The highest BCUT2D eigenvalue weighted by Gasteiger charge is 2.23. The van der Waals surface area contributed by atoms with Gasteiger partial charge in [-0.3, -0.25) is 14.9 Å². The fraction of sp³-hybridized carbons (Fsp3) is 0.211. The third-order valence-electron chi connectivity index (χ3n) is 4.72. The maximum Gasteiger partial charge on any atom is 0.270 e. The summed E-state index contributed by atoms with van der Waals surface area (Å²) in [4.78, 5) is 23.1. The first-order valence-electron chi connectivity index (χ1n) is 8.17. The van der Waals surface area contributed by atoms with E-state index in [4.69, 9.17) is 10.2 Å². The zero-order valence-corrected chi connectivity index (χ0v) is 13.5. The number of rotatable bonds is 3. The van der Waals surface area contributed by atoms with E-state index in [0.29, 0.717) is 11.3 Å². The van der Waals surface area contributed by atoms with Crippen LogP contribution in [-0.2, 0) is 12.8 Å². The van der Waals surface area contributed by atoms with Crippen LogP contribution in [0.3, 0.4) is 0 Å². The maximum absolute atomic E-state index is 12.7. The smallest absolute Gasteiger partial charge is 0.270 e. The number of nitrogen functional groups attached to an aromatic ring is 1. The maximum atomic E-state index is 12.7. The predicted octanol–water partition coefficient (Wildman–Crippen LogP) is 4.03. The third kappa shape index (κ3) is 2.55. The van der Waals surface area contributed by atoms with Crippen LogP contribution in [0.2, 0.25) is 0 Å². The second kappa shape index (κ2) is 5.73. The lowest BCUT2D eigenvalue weighted by Crippen LogP contribution is -2.04. The first kappa shape index (κ1) is 15.4. The van der Waals surface area contributed by atoms with Crippen molar-refractivity contribution in [1.29, 1.82) is 0 Å². The normalized spacial score (nSPS) is 13.6. The SMILES string of the molecule is Nc1c(C(=O)c2cccc([N+](=O)[O-])c2)oc2cc3c(cc12)CCCC3. The van der Waals surface area contributed by atoms with Gasteiger partial charge in [0.2, 0.25) is 5.78 Å². The molecule has 0 saturated carbocycles. The molecule has 1 aliphatic rings. The molecule has 0 amide bonds. The standard InChI is InChI=1S/C19H16N2O4/c20-17-15-9-11-4-1-2-5-12(11)10-16(15)25-19(17)18(22)13-6-3-7-14(8-13)21(23)24/h3,6-10H,1-2,4-5,20H2. The molecule has 1 aliphatic carbocycles. The minimum Gasteiger partial charge on any atom is -0.450 e. The number of hydrogen-bond acceptors (Lipinski definition) is 5. The number of ketones is 1. The molecule has 0 saturated heterocycles. The first-order valence-corrected chi connectivity index (χ1v) is 8.17. The van der Waals surface area contributed by atoms with Crippen molar-refractivity contribution in [2.75, 3.05) is 5.73 Å². The van der Waals surface area contributed by atoms with Crippen LogP contribution in [0.15, 0.2) is 40.8 Å². The molecule has 2 aromatic carbocycles. The monoisotopic (exact) mass is 336 g/mol. The van der Waals surface area contributed by atoms with Gasteiger partial charge in [0.05, 0.1) is 10.6 Å². The van der Waals surface area contributed by atoms with Crippen LogP contribution >= 0.6 is 0 Å². The van der Waals surface area contributed by atoms with Gasteiger partial charge in [-0.2, -0.15) is 0 Å². The van der Waals surface area contributed by atoms with E-state index in [1.807, 2.05) is 12.1 Å². The molecule has 2 N–H and O–H groups in total. The van der Waals surface area contributed by atoms with E-state index in [0.717, 1.165) is 31.1 Å². The molecule has 0 bridgehead atoms. The molecule has 0 unspecified atom stereocenters. The predicted molar refractivity (Wildman–Crippen MR) is 93.8 cm³/mol. The van der Waals surface area contributed by atoms with Gasteiger partial charge in [0.25, 0.3) is 5.69 Å². The number of aryl methyl sites for hydroxylation is 2. The molecule has 0 fully saturated rings. The van der Waals surface area contributed by atoms with Gasteiger partial charge < -0.3 is 10.2 Å². The number of hydrogen-bond donors (Lipinski definition) is 1. The molecule has 0 aliphatic heterocycles. The molecule has 1 heterocycles. The largest absolute Gasteiger partial charge is 0.450 e. The lowest BCUT2D eigenvalue weighted by Gasteiger charge is -2.14. The van der Waals surface area contributed by atoms with Gasteiger partial charge in [0.15, 0.2) is 5.76 Å². The van der Waals surface area contributed by atoms with Crippen molar-refractivity contribution in [3.8, 4) is 0 Å². The number of furan rings is 1. The Bertz CT molecular complexity index is 1020. The molecule has 0 radical (unpaired) electrons.